The number of amides is 1. The molecular formula is C10H17ClN2O2S. The van der Waals surface area contributed by atoms with Gasteiger partial charge in [0.05, 0.1) is 6.54 Å². The number of halogens is 1. The lowest BCUT2D eigenvalue weighted by molar-refractivity contribution is -0.130. The fraction of sp³-hybridized carbons (Fsp3) is 0.500. The number of rotatable bonds is 5. The molecule has 0 saturated heterocycles. The quantitative estimate of drug-likeness (QED) is 0.836. The molecule has 0 fully saturated rings. The number of hydrogen-bond donors (Lipinski definition) is 2. The van der Waals surface area contributed by atoms with Crippen molar-refractivity contribution in [2.75, 3.05) is 13.7 Å². The molecule has 6 heteroatoms. The topological polar surface area (TPSA) is 64.3 Å². The first-order chi connectivity index (χ1) is 7.19. The maximum atomic E-state index is 11.5. The summed E-state index contributed by atoms with van der Waals surface area (Å²) in [5.41, 5.74) is 6.58. The molecule has 1 atom stereocenters. The monoisotopic (exact) mass is 264 g/mol. The number of ether oxygens (including phenoxy) is 1. The van der Waals surface area contributed by atoms with Crippen molar-refractivity contribution in [3.63, 3.8) is 0 Å². The van der Waals surface area contributed by atoms with Crippen molar-refractivity contribution in [1.29, 1.82) is 0 Å². The second-order valence-corrected chi connectivity index (χ2v) is 4.21. The summed E-state index contributed by atoms with van der Waals surface area (Å²) in [5.74, 6) is -0.159. The van der Waals surface area contributed by atoms with Crippen LogP contribution in [0.4, 0.5) is 0 Å². The van der Waals surface area contributed by atoms with E-state index in [9.17, 15) is 4.79 Å². The summed E-state index contributed by atoms with van der Waals surface area (Å²) < 4.78 is 4.93. The Bertz CT molecular complexity index is 326. The van der Waals surface area contributed by atoms with Crippen LogP contribution in [0.2, 0.25) is 0 Å². The summed E-state index contributed by atoms with van der Waals surface area (Å²) >= 11 is 1.63. The van der Waals surface area contributed by atoms with Crippen LogP contribution in [0.1, 0.15) is 10.4 Å². The molecule has 4 nitrogen and oxygen atoms in total. The van der Waals surface area contributed by atoms with Crippen molar-refractivity contribution in [2.45, 2.75) is 19.6 Å². The number of methoxy groups -OCH3 is 1. The average Bonchev–Trinajstić information content (AvgIpc) is 2.63. The molecule has 3 N–H and O–H groups in total. The third kappa shape index (κ3) is 4.09. The highest BCUT2D eigenvalue weighted by atomic mass is 35.5. The largest absolute Gasteiger partial charge is 0.370 e. The zero-order chi connectivity index (χ0) is 11.3. The molecule has 1 aromatic rings. The maximum Gasteiger partial charge on any atom is 0.250 e. The van der Waals surface area contributed by atoms with E-state index in [1.807, 2.05) is 18.4 Å². The third-order valence-corrected chi connectivity index (χ3v) is 3.21. The molecule has 0 radical (unpaired) electrons. The van der Waals surface area contributed by atoms with Crippen molar-refractivity contribution < 1.29 is 9.53 Å². The molecule has 0 aliphatic carbocycles. The van der Waals surface area contributed by atoms with Crippen molar-refractivity contribution in [1.82, 2.24) is 5.32 Å². The van der Waals surface area contributed by atoms with Crippen LogP contribution in [-0.4, -0.2) is 25.7 Å². The van der Waals surface area contributed by atoms with Gasteiger partial charge < -0.3 is 15.8 Å². The van der Waals surface area contributed by atoms with Crippen molar-refractivity contribution in [3.8, 4) is 0 Å². The highest BCUT2D eigenvalue weighted by Crippen LogP contribution is 2.14. The summed E-state index contributed by atoms with van der Waals surface area (Å²) in [7, 11) is 1.48. The lowest BCUT2D eigenvalue weighted by Crippen LogP contribution is -2.40. The number of carbonyl (C=O) groups excluding carboxylic acids is 1. The van der Waals surface area contributed by atoms with Crippen LogP contribution >= 0.6 is 23.7 Å². The number of thiophene rings is 1. The van der Waals surface area contributed by atoms with Crippen molar-refractivity contribution in [3.05, 3.63) is 21.9 Å². The van der Waals surface area contributed by atoms with Gasteiger partial charge in [-0.05, 0) is 23.9 Å². The zero-order valence-corrected chi connectivity index (χ0v) is 11.0. The Hall–Kier alpha value is -0.620. The van der Waals surface area contributed by atoms with E-state index >= 15 is 0 Å². The van der Waals surface area contributed by atoms with Gasteiger partial charge in [-0.15, -0.1) is 23.7 Å². The van der Waals surface area contributed by atoms with Gasteiger partial charge in [0.2, 0.25) is 0 Å². The normalized spacial score (nSPS) is 11.7. The van der Waals surface area contributed by atoms with Gasteiger partial charge >= 0.3 is 0 Å². The maximum absolute atomic E-state index is 11.5. The van der Waals surface area contributed by atoms with Gasteiger partial charge in [-0.3, -0.25) is 4.79 Å². The highest BCUT2D eigenvalue weighted by Gasteiger charge is 2.15. The van der Waals surface area contributed by atoms with E-state index < -0.39 is 6.10 Å². The van der Waals surface area contributed by atoms with Gasteiger partial charge in [-0.1, -0.05) is 0 Å². The molecule has 92 valence electrons. The summed E-state index contributed by atoms with van der Waals surface area (Å²) in [5, 5.41) is 4.80. The zero-order valence-electron chi connectivity index (χ0n) is 9.36. The third-order valence-electron chi connectivity index (χ3n) is 2.18. The van der Waals surface area contributed by atoms with E-state index in [2.05, 4.69) is 5.32 Å². The lowest BCUT2D eigenvalue weighted by Gasteiger charge is -2.12. The standard InChI is InChI=1S/C10H16N2O2S.ClH/c1-7-3-4-15-9(7)6-12-10(13)8(5-11)14-2;/h3-4,8H,5-6,11H2,1-2H3,(H,12,13);1H. The van der Waals surface area contributed by atoms with E-state index in [0.29, 0.717) is 6.54 Å². The number of nitrogens with one attached hydrogen (secondary N) is 1. The Morgan fingerprint density at radius 3 is 2.81 bits per heavy atom. The minimum atomic E-state index is -0.551. The summed E-state index contributed by atoms with van der Waals surface area (Å²) in [6, 6.07) is 2.03. The molecule has 0 bridgehead atoms. The molecule has 1 heterocycles. The highest BCUT2D eigenvalue weighted by molar-refractivity contribution is 7.10. The fourth-order valence-corrected chi connectivity index (χ4v) is 2.02. The molecule has 1 rings (SSSR count). The SMILES string of the molecule is COC(CN)C(=O)NCc1sccc1C.Cl. The predicted molar refractivity (Wildman–Crippen MR) is 68.0 cm³/mol. The smallest absolute Gasteiger partial charge is 0.250 e. The van der Waals surface area contributed by atoms with Crippen molar-refractivity contribution in [2.24, 2.45) is 5.73 Å². The van der Waals surface area contributed by atoms with Crippen molar-refractivity contribution >= 4 is 29.7 Å². The number of hydrogen-bond acceptors (Lipinski definition) is 4. The molecule has 0 aliphatic rings. The van der Waals surface area contributed by atoms with E-state index in [0.717, 1.165) is 4.88 Å². The van der Waals surface area contributed by atoms with Crippen LogP contribution in [0.25, 0.3) is 0 Å². The van der Waals surface area contributed by atoms with Gasteiger partial charge in [0.15, 0.2) is 0 Å². The Morgan fingerprint density at radius 2 is 2.38 bits per heavy atom. The Labute approximate surface area is 106 Å². The van der Waals surface area contributed by atoms with Crippen LogP contribution in [-0.2, 0) is 16.1 Å². The first-order valence-electron chi connectivity index (χ1n) is 4.72. The molecule has 16 heavy (non-hydrogen) atoms. The van der Waals surface area contributed by atoms with E-state index in [1.165, 1.54) is 12.7 Å². The first-order valence-corrected chi connectivity index (χ1v) is 5.60. The predicted octanol–water partition coefficient (Wildman–Crippen LogP) is 1.07. The molecule has 0 aliphatic heterocycles. The lowest BCUT2D eigenvalue weighted by atomic mass is 10.3. The summed E-state index contributed by atoms with van der Waals surface area (Å²) in [4.78, 5) is 12.7. The molecule has 0 aromatic carbocycles. The molecule has 1 amide bonds. The van der Waals surface area contributed by atoms with Gasteiger partial charge in [0.1, 0.15) is 6.10 Å². The Kier molecular flexibility index (Phi) is 7.33. The number of aryl methyl sites for hydroxylation is 1. The molecule has 0 spiro atoms. The van der Waals surface area contributed by atoms with Gasteiger partial charge in [0, 0.05) is 18.5 Å². The Morgan fingerprint density at radius 1 is 1.69 bits per heavy atom. The Balaban J connectivity index is 0.00000225. The summed E-state index contributed by atoms with van der Waals surface area (Å²) in [6.07, 6.45) is -0.551. The molecule has 1 aromatic heterocycles. The van der Waals surface area contributed by atoms with Crippen LogP contribution in [0.5, 0.6) is 0 Å². The average molecular weight is 265 g/mol. The molecule has 1 unspecified atom stereocenters. The second-order valence-electron chi connectivity index (χ2n) is 3.20. The molecule has 0 saturated carbocycles. The van der Waals surface area contributed by atoms with Crippen LogP contribution in [0.15, 0.2) is 11.4 Å². The van der Waals surface area contributed by atoms with Crippen LogP contribution in [0.3, 0.4) is 0 Å². The fourth-order valence-electron chi connectivity index (χ4n) is 1.18. The van der Waals surface area contributed by atoms with Crippen LogP contribution in [0, 0.1) is 6.92 Å². The minimum Gasteiger partial charge on any atom is -0.370 e. The number of nitrogens with two attached hydrogens (primary N) is 1. The van der Waals surface area contributed by atoms with E-state index in [4.69, 9.17) is 10.5 Å². The first kappa shape index (κ1) is 15.4. The second kappa shape index (κ2) is 7.62. The van der Waals surface area contributed by atoms with Gasteiger partial charge in [-0.2, -0.15) is 0 Å². The summed E-state index contributed by atoms with van der Waals surface area (Å²) in [6.45, 7) is 2.77. The number of carbonyl (C=O) groups is 1. The van der Waals surface area contributed by atoms with E-state index in [1.54, 1.807) is 11.3 Å². The van der Waals surface area contributed by atoms with Gasteiger partial charge in [-0.25, -0.2) is 0 Å². The van der Waals surface area contributed by atoms with E-state index in [-0.39, 0.29) is 24.9 Å². The molecular weight excluding hydrogens is 248 g/mol. The minimum absolute atomic E-state index is 0. The van der Waals surface area contributed by atoms with Gasteiger partial charge in [0.25, 0.3) is 5.91 Å². The van der Waals surface area contributed by atoms with Crippen LogP contribution < -0.4 is 11.1 Å².